The quantitative estimate of drug-likeness (QED) is 0.293. The lowest BCUT2D eigenvalue weighted by molar-refractivity contribution is 0.105. The lowest BCUT2D eigenvalue weighted by Gasteiger charge is -2.13. The fraction of sp³-hybridized carbons (Fsp3) is 0.227. The van der Waals surface area contributed by atoms with Crippen LogP contribution in [0.15, 0.2) is 53.0 Å². The molecule has 7 nitrogen and oxygen atoms in total. The summed E-state index contributed by atoms with van der Waals surface area (Å²) >= 11 is 1.45. The largest absolute Gasteiger partial charge is 0.338 e. The van der Waals surface area contributed by atoms with Crippen molar-refractivity contribution in [2.45, 2.75) is 20.3 Å². The summed E-state index contributed by atoms with van der Waals surface area (Å²) in [5.74, 6) is -0.226. The van der Waals surface area contributed by atoms with Crippen molar-refractivity contribution in [3.8, 4) is 17.2 Å². The number of rotatable bonds is 7. The van der Waals surface area contributed by atoms with Gasteiger partial charge in [-0.25, -0.2) is 9.78 Å². The van der Waals surface area contributed by atoms with Crippen molar-refractivity contribution < 1.29 is 9.59 Å². The molecule has 30 heavy (non-hydrogen) atoms. The van der Waals surface area contributed by atoms with Crippen LogP contribution in [-0.4, -0.2) is 35.4 Å². The molecule has 0 spiro atoms. The third kappa shape index (κ3) is 6.03. The second-order valence-corrected chi connectivity index (χ2v) is 6.94. The number of allylic oxidation sites excluding steroid dienone is 1. The Kier molecular flexibility index (Phi) is 8.78. The molecule has 0 atom stereocenters. The number of urea groups is 1. The summed E-state index contributed by atoms with van der Waals surface area (Å²) in [6.07, 6.45) is 4.55. The van der Waals surface area contributed by atoms with Crippen molar-refractivity contribution in [2.75, 3.05) is 18.9 Å². The van der Waals surface area contributed by atoms with Crippen LogP contribution < -0.4 is 10.6 Å². The number of hydrogen-bond donors (Lipinski definition) is 2. The van der Waals surface area contributed by atoms with Crippen LogP contribution in [0.5, 0.6) is 0 Å². The molecule has 2 aromatic rings. The molecule has 0 aliphatic carbocycles. The Balaban J connectivity index is 2.56. The van der Waals surface area contributed by atoms with Gasteiger partial charge in [-0.05, 0) is 36.4 Å². The van der Waals surface area contributed by atoms with E-state index in [1.807, 2.05) is 31.4 Å². The van der Waals surface area contributed by atoms with Crippen LogP contribution in [0.3, 0.4) is 0 Å². The van der Waals surface area contributed by atoms with E-state index >= 15 is 0 Å². The van der Waals surface area contributed by atoms with E-state index in [0.717, 1.165) is 28.2 Å². The highest BCUT2D eigenvalue weighted by molar-refractivity contribution is 8.16. The fourth-order valence-corrected chi connectivity index (χ4v) is 3.41. The minimum atomic E-state index is -0.606. The fourth-order valence-electron chi connectivity index (χ4n) is 2.59. The molecule has 0 radical (unpaired) electrons. The zero-order valence-corrected chi connectivity index (χ0v) is 17.9. The van der Waals surface area contributed by atoms with Crippen LogP contribution in [0.25, 0.3) is 11.1 Å². The van der Waals surface area contributed by atoms with E-state index in [-0.39, 0.29) is 6.03 Å². The number of carbonyl (C=O) groups excluding carboxylic acids is 2. The molecule has 0 bridgehead atoms. The monoisotopic (exact) mass is 421 g/mol. The molecule has 0 aliphatic rings. The number of benzene rings is 1. The molecule has 0 unspecified atom stereocenters. The van der Waals surface area contributed by atoms with E-state index in [1.54, 1.807) is 43.6 Å². The minimum absolute atomic E-state index is 0.305. The summed E-state index contributed by atoms with van der Waals surface area (Å²) in [5.41, 5.74) is 2.53. The molecule has 1 heterocycles. The zero-order valence-electron chi connectivity index (χ0n) is 17.1. The third-order valence-corrected chi connectivity index (χ3v) is 4.92. The van der Waals surface area contributed by atoms with E-state index in [4.69, 9.17) is 5.26 Å². The minimum Gasteiger partial charge on any atom is -0.338 e. The number of thioether (sulfide) groups is 1. The number of carbonyl (C=O) groups is 2. The summed E-state index contributed by atoms with van der Waals surface area (Å²) in [5, 5.41) is 17.0. The maximum absolute atomic E-state index is 11.9. The number of amides is 2. The van der Waals surface area contributed by atoms with Crippen molar-refractivity contribution >= 4 is 34.4 Å². The van der Waals surface area contributed by atoms with Gasteiger partial charge in [0.2, 0.25) is 0 Å². The highest BCUT2D eigenvalue weighted by atomic mass is 32.2. The summed E-state index contributed by atoms with van der Waals surface area (Å²) in [6.45, 7) is 4.37. The number of nitrogens with zero attached hydrogens (tertiary/aromatic N) is 3. The van der Waals surface area contributed by atoms with E-state index < -0.39 is 5.78 Å². The van der Waals surface area contributed by atoms with Crippen molar-refractivity contribution in [2.24, 2.45) is 4.99 Å². The summed E-state index contributed by atoms with van der Waals surface area (Å²) in [6, 6.07) is 9.85. The van der Waals surface area contributed by atoms with Gasteiger partial charge in [0.05, 0.1) is 0 Å². The number of nitriles is 1. The van der Waals surface area contributed by atoms with E-state index in [0.29, 0.717) is 17.9 Å². The van der Waals surface area contributed by atoms with Crippen LogP contribution in [0, 0.1) is 11.3 Å². The average Bonchev–Trinajstić information content (AvgIpc) is 2.76. The predicted molar refractivity (Wildman–Crippen MR) is 122 cm³/mol. The molecule has 0 saturated heterocycles. The molecule has 1 aromatic carbocycles. The molecular formula is C22H23N5O2S. The summed E-state index contributed by atoms with van der Waals surface area (Å²) < 4.78 is 0. The highest BCUT2D eigenvalue weighted by Crippen LogP contribution is 2.30. The first-order valence-electron chi connectivity index (χ1n) is 9.42. The highest BCUT2D eigenvalue weighted by Gasteiger charge is 2.15. The van der Waals surface area contributed by atoms with E-state index in [9.17, 15) is 9.59 Å². The standard InChI is InChI=1S/C22H23N5O2S/c1-4-6-10-30-21(24-3)17-12-20(27-22(29)25-5-2)26-14-18(17)15-8-7-9-16(11-15)19(28)13-23/h6-12,14H,4-5H2,1-3H3,(H2,25,26,27,29)/b10-6+,24-21?. The molecule has 0 saturated carbocycles. The van der Waals surface area contributed by atoms with Gasteiger partial charge in [-0.3, -0.25) is 15.1 Å². The third-order valence-electron chi connectivity index (χ3n) is 3.97. The Morgan fingerprint density at radius 2 is 2.10 bits per heavy atom. The first-order chi connectivity index (χ1) is 14.5. The first-order valence-corrected chi connectivity index (χ1v) is 10.3. The molecule has 1 aromatic heterocycles. The lowest BCUT2D eigenvalue weighted by Crippen LogP contribution is -2.28. The molecule has 2 N–H and O–H groups in total. The van der Waals surface area contributed by atoms with Crippen molar-refractivity contribution in [3.63, 3.8) is 0 Å². The molecule has 8 heteroatoms. The first kappa shape index (κ1) is 22.8. The van der Waals surface area contributed by atoms with Crippen molar-refractivity contribution in [1.29, 1.82) is 5.26 Å². The number of pyridine rings is 1. The van der Waals surface area contributed by atoms with E-state index in [1.165, 1.54) is 11.8 Å². The Morgan fingerprint density at radius 3 is 2.77 bits per heavy atom. The zero-order chi connectivity index (χ0) is 21.9. The van der Waals surface area contributed by atoms with Gasteiger partial charge in [-0.1, -0.05) is 43.0 Å². The Bertz CT molecular complexity index is 1020. The number of ketones is 1. The smallest absolute Gasteiger partial charge is 0.320 e. The van der Waals surface area contributed by atoms with Crippen LogP contribution in [0.1, 0.15) is 36.2 Å². The van der Waals surface area contributed by atoms with Gasteiger partial charge in [0, 0.05) is 36.5 Å². The normalized spacial score (nSPS) is 11.2. The molecule has 2 rings (SSSR count). The number of aliphatic imine (C=N–C) groups is 1. The number of aromatic nitrogens is 1. The van der Waals surface area contributed by atoms with Gasteiger partial charge < -0.3 is 5.32 Å². The topological polar surface area (TPSA) is 107 Å². The number of anilines is 1. The average molecular weight is 422 g/mol. The van der Waals surface area contributed by atoms with Crippen molar-refractivity contribution in [1.82, 2.24) is 10.3 Å². The van der Waals surface area contributed by atoms with Gasteiger partial charge in [-0.15, -0.1) is 0 Å². The molecule has 0 aliphatic heterocycles. The van der Waals surface area contributed by atoms with Crippen LogP contribution >= 0.6 is 11.8 Å². The second kappa shape index (κ2) is 11.5. The Labute approximate surface area is 180 Å². The molecule has 0 fully saturated rings. The SMILES string of the molecule is CC/C=C/SC(=NC)c1cc(NC(=O)NCC)ncc1-c1cccc(C(=O)C#N)c1. The number of Topliss-reactive ketones (excluding diaryl/α,β-unsaturated/α-hetero) is 1. The maximum atomic E-state index is 11.9. The van der Waals surface area contributed by atoms with Crippen molar-refractivity contribution in [3.05, 3.63) is 59.1 Å². The second-order valence-electron chi connectivity index (χ2n) is 6.05. The van der Waals surface area contributed by atoms with Crippen LogP contribution in [0.2, 0.25) is 0 Å². The van der Waals surface area contributed by atoms with Gasteiger partial charge in [0.25, 0.3) is 5.78 Å². The Hall–Kier alpha value is -3.44. The van der Waals surface area contributed by atoms with Crippen LogP contribution in [-0.2, 0) is 0 Å². The van der Waals surface area contributed by atoms with Gasteiger partial charge >= 0.3 is 6.03 Å². The van der Waals surface area contributed by atoms with Gasteiger partial charge in [0.1, 0.15) is 16.9 Å². The summed E-state index contributed by atoms with van der Waals surface area (Å²) in [4.78, 5) is 32.5. The number of hydrogen-bond acceptors (Lipinski definition) is 6. The van der Waals surface area contributed by atoms with E-state index in [2.05, 4.69) is 20.6 Å². The molecular weight excluding hydrogens is 398 g/mol. The molecule has 2 amide bonds. The molecule has 154 valence electrons. The Morgan fingerprint density at radius 1 is 1.30 bits per heavy atom. The maximum Gasteiger partial charge on any atom is 0.320 e. The van der Waals surface area contributed by atoms with Gasteiger partial charge in [0.15, 0.2) is 0 Å². The number of nitrogens with one attached hydrogen (secondary N) is 2. The summed E-state index contributed by atoms with van der Waals surface area (Å²) in [7, 11) is 1.69. The lowest BCUT2D eigenvalue weighted by atomic mass is 9.99. The predicted octanol–water partition coefficient (Wildman–Crippen LogP) is 4.63. The van der Waals surface area contributed by atoms with Crippen LogP contribution in [0.4, 0.5) is 10.6 Å². The van der Waals surface area contributed by atoms with Gasteiger partial charge in [-0.2, -0.15) is 5.26 Å².